The lowest BCUT2D eigenvalue weighted by Crippen LogP contribution is -2.42. The Hall–Kier alpha value is -2.05. The van der Waals surface area contributed by atoms with Gasteiger partial charge in [0.1, 0.15) is 6.61 Å². The first-order valence-electron chi connectivity index (χ1n) is 9.98. The summed E-state index contributed by atoms with van der Waals surface area (Å²) in [4.78, 5) is 0.309. The smallest absolute Gasteiger partial charge is 0.240 e. The van der Waals surface area contributed by atoms with Gasteiger partial charge in [-0.1, -0.05) is 43.5 Å². The topological polar surface area (TPSA) is 64.6 Å². The van der Waals surface area contributed by atoms with Gasteiger partial charge in [-0.25, -0.2) is 13.1 Å². The molecule has 1 atom stereocenters. The molecule has 4 rings (SSSR count). The van der Waals surface area contributed by atoms with Crippen LogP contribution < -0.4 is 14.2 Å². The lowest BCUT2D eigenvalue weighted by atomic mass is 9.84. The minimum absolute atomic E-state index is 0.284. The zero-order chi connectivity index (χ0) is 19.6. The van der Waals surface area contributed by atoms with E-state index in [0.717, 1.165) is 5.56 Å². The summed E-state index contributed by atoms with van der Waals surface area (Å²) in [6, 6.07) is 12.8. The summed E-state index contributed by atoms with van der Waals surface area (Å²) in [6.07, 6.45) is 6.82. The van der Waals surface area contributed by atoms with Crippen molar-refractivity contribution < 1.29 is 17.9 Å². The second-order valence-electron chi connectivity index (χ2n) is 7.69. The third-order valence-corrected chi connectivity index (χ3v) is 7.30. The van der Waals surface area contributed by atoms with E-state index in [1.807, 2.05) is 30.3 Å². The van der Waals surface area contributed by atoms with Crippen molar-refractivity contribution >= 4 is 10.0 Å². The van der Waals surface area contributed by atoms with Crippen molar-refractivity contribution in [1.82, 2.24) is 4.72 Å². The van der Waals surface area contributed by atoms with E-state index in [1.54, 1.807) is 19.2 Å². The number of fused-ring (bicyclic) bond motifs is 1. The molecule has 0 radical (unpaired) electrons. The Morgan fingerprint density at radius 3 is 2.50 bits per heavy atom. The monoisotopic (exact) mass is 401 g/mol. The number of nitrogens with one attached hydrogen (secondary N) is 1. The quantitative estimate of drug-likeness (QED) is 0.822. The molecule has 5 nitrogen and oxygen atoms in total. The van der Waals surface area contributed by atoms with Gasteiger partial charge in [0, 0.05) is 0 Å². The van der Waals surface area contributed by atoms with E-state index in [4.69, 9.17) is 9.47 Å². The molecule has 0 saturated heterocycles. The number of hydrogen-bond acceptors (Lipinski definition) is 4. The van der Waals surface area contributed by atoms with Crippen LogP contribution in [0.5, 0.6) is 11.5 Å². The zero-order valence-electron chi connectivity index (χ0n) is 16.2. The van der Waals surface area contributed by atoms with Crippen molar-refractivity contribution in [2.24, 2.45) is 0 Å². The lowest BCUT2D eigenvalue weighted by molar-refractivity contribution is 0.240. The SMILES string of the molecule is COc1cccc2c1OC[C@@H](NS(=O)(=O)c1ccc(C3CCCCC3)cc1)C2. The molecule has 2 aromatic rings. The Labute approximate surface area is 167 Å². The fourth-order valence-corrected chi connectivity index (χ4v) is 5.49. The van der Waals surface area contributed by atoms with E-state index >= 15 is 0 Å². The number of para-hydroxylation sites is 1. The minimum Gasteiger partial charge on any atom is -0.493 e. The van der Waals surface area contributed by atoms with Crippen LogP contribution in [0.25, 0.3) is 0 Å². The molecule has 28 heavy (non-hydrogen) atoms. The maximum Gasteiger partial charge on any atom is 0.240 e. The molecule has 6 heteroatoms. The second-order valence-corrected chi connectivity index (χ2v) is 9.40. The van der Waals surface area contributed by atoms with Crippen LogP contribution >= 0.6 is 0 Å². The highest BCUT2D eigenvalue weighted by Gasteiger charge is 2.27. The number of ether oxygens (including phenoxy) is 2. The van der Waals surface area contributed by atoms with Crippen molar-refractivity contribution in [3.63, 3.8) is 0 Å². The third-order valence-electron chi connectivity index (χ3n) is 5.76. The number of rotatable bonds is 5. The summed E-state index contributed by atoms with van der Waals surface area (Å²) in [7, 11) is -1.98. The third kappa shape index (κ3) is 4.03. The predicted molar refractivity (Wildman–Crippen MR) is 109 cm³/mol. The van der Waals surface area contributed by atoms with Crippen LogP contribution in [-0.2, 0) is 16.4 Å². The van der Waals surface area contributed by atoms with E-state index in [-0.39, 0.29) is 12.6 Å². The Balaban J connectivity index is 1.45. The van der Waals surface area contributed by atoms with Crippen LogP contribution in [0.3, 0.4) is 0 Å². The van der Waals surface area contributed by atoms with Gasteiger partial charge >= 0.3 is 0 Å². The van der Waals surface area contributed by atoms with Gasteiger partial charge < -0.3 is 9.47 Å². The molecule has 1 N–H and O–H groups in total. The van der Waals surface area contributed by atoms with Gasteiger partial charge in [-0.05, 0) is 54.5 Å². The number of methoxy groups -OCH3 is 1. The summed E-state index contributed by atoms with van der Waals surface area (Å²) in [5.41, 5.74) is 2.20. The maximum absolute atomic E-state index is 12.8. The Morgan fingerprint density at radius 2 is 1.79 bits per heavy atom. The molecule has 1 aliphatic heterocycles. The van der Waals surface area contributed by atoms with E-state index in [1.165, 1.54) is 37.7 Å². The molecule has 0 unspecified atom stereocenters. The Kier molecular flexibility index (Phi) is 5.60. The summed E-state index contributed by atoms with van der Waals surface area (Å²) >= 11 is 0. The minimum atomic E-state index is -3.59. The summed E-state index contributed by atoms with van der Waals surface area (Å²) < 4.78 is 39.6. The normalized spacial score (nSPS) is 20.2. The molecule has 0 bridgehead atoms. The molecule has 0 aromatic heterocycles. The van der Waals surface area contributed by atoms with Crippen molar-refractivity contribution in [3.05, 3.63) is 53.6 Å². The largest absolute Gasteiger partial charge is 0.493 e. The van der Waals surface area contributed by atoms with Crippen molar-refractivity contribution in [2.75, 3.05) is 13.7 Å². The van der Waals surface area contributed by atoms with Crippen LogP contribution in [0.15, 0.2) is 47.4 Å². The molecular weight excluding hydrogens is 374 g/mol. The first kappa shape index (κ1) is 19.3. The molecule has 2 aliphatic rings. The molecular formula is C22H27NO4S. The van der Waals surface area contributed by atoms with Crippen LogP contribution in [0.1, 0.15) is 49.1 Å². The molecule has 2 aromatic carbocycles. The highest BCUT2D eigenvalue weighted by Crippen LogP contribution is 2.35. The lowest BCUT2D eigenvalue weighted by Gasteiger charge is -2.27. The van der Waals surface area contributed by atoms with Crippen molar-refractivity contribution in [3.8, 4) is 11.5 Å². The van der Waals surface area contributed by atoms with E-state index in [2.05, 4.69) is 4.72 Å². The standard InChI is InChI=1S/C22H27NO4S/c1-26-21-9-5-8-18-14-19(15-27-22(18)21)23-28(24,25)20-12-10-17(11-13-20)16-6-3-2-4-7-16/h5,8-13,16,19,23H,2-4,6-7,14-15H2,1H3/t19-/m0/s1. The summed E-state index contributed by atoms with van der Waals surface area (Å²) in [5.74, 6) is 1.95. The van der Waals surface area contributed by atoms with Crippen LogP contribution in [0, 0.1) is 0 Å². The van der Waals surface area contributed by atoms with Gasteiger partial charge in [0.25, 0.3) is 0 Å². The van der Waals surface area contributed by atoms with Gasteiger partial charge in [-0.15, -0.1) is 0 Å². The van der Waals surface area contributed by atoms with E-state index in [0.29, 0.717) is 28.7 Å². The van der Waals surface area contributed by atoms with Crippen molar-refractivity contribution in [2.45, 2.75) is 55.4 Å². The average molecular weight is 402 g/mol. The van der Waals surface area contributed by atoms with Gasteiger partial charge in [-0.3, -0.25) is 0 Å². The van der Waals surface area contributed by atoms with Crippen LogP contribution in [0.2, 0.25) is 0 Å². The number of sulfonamides is 1. The Morgan fingerprint density at radius 1 is 1.04 bits per heavy atom. The van der Waals surface area contributed by atoms with E-state index < -0.39 is 10.0 Å². The highest BCUT2D eigenvalue weighted by atomic mass is 32.2. The van der Waals surface area contributed by atoms with Crippen molar-refractivity contribution in [1.29, 1.82) is 0 Å². The fourth-order valence-electron chi connectivity index (χ4n) is 4.27. The molecule has 1 fully saturated rings. The maximum atomic E-state index is 12.8. The van der Waals surface area contributed by atoms with Crippen LogP contribution in [-0.4, -0.2) is 28.2 Å². The van der Waals surface area contributed by atoms with Gasteiger partial charge in [0.2, 0.25) is 10.0 Å². The first-order valence-corrected chi connectivity index (χ1v) is 11.5. The van der Waals surface area contributed by atoms with Gasteiger partial charge in [-0.2, -0.15) is 0 Å². The summed E-state index contributed by atoms with van der Waals surface area (Å²) in [6.45, 7) is 0.284. The molecule has 1 aliphatic carbocycles. The average Bonchev–Trinajstić information content (AvgIpc) is 2.73. The number of benzene rings is 2. The van der Waals surface area contributed by atoms with Gasteiger partial charge in [0.05, 0.1) is 18.0 Å². The predicted octanol–water partition coefficient (Wildman–Crippen LogP) is 4.02. The van der Waals surface area contributed by atoms with Gasteiger partial charge in [0.15, 0.2) is 11.5 Å². The molecule has 0 spiro atoms. The van der Waals surface area contributed by atoms with E-state index in [9.17, 15) is 8.42 Å². The molecule has 150 valence electrons. The zero-order valence-corrected chi connectivity index (χ0v) is 17.0. The molecule has 1 heterocycles. The first-order chi connectivity index (χ1) is 13.6. The number of hydrogen-bond donors (Lipinski definition) is 1. The van der Waals surface area contributed by atoms with Crippen LogP contribution in [0.4, 0.5) is 0 Å². The molecule has 0 amide bonds. The highest BCUT2D eigenvalue weighted by molar-refractivity contribution is 7.89. The second kappa shape index (κ2) is 8.13. The molecule has 1 saturated carbocycles. The Bertz CT molecular complexity index is 918. The summed E-state index contributed by atoms with van der Waals surface area (Å²) in [5, 5.41) is 0. The fraction of sp³-hybridized carbons (Fsp3) is 0.455.